The number of carbonyl (C=O) groups excluding carboxylic acids is 1. The number of aliphatic hydroxyl groups is 2. The first kappa shape index (κ1) is 23.2. The molecule has 2 aliphatic rings. The lowest BCUT2D eigenvalue weighted by molar-refractivity contribution is 0.0570. The van der Waals surface area contributed by atoms with Gasteiger partial charge in [0.05, 0.1) is 19.3 Å². The molecule has 7 heteroatoms. The Morgan fingerprint density at radius 2 is 1.97 bits per heavy atom. The van der Waals surface area contributed by atoms with Crippen molar-refractivity contribution in [1.29, 1.82) is 5.26 Å². The highest BCUT2D eigenvalue weighted by molar-refractivity contribution is 6.04. The molecule has 1 aliphatic heterocycles. The Balaban J connectivity index is 1.55. The standard InChI is InChI=1S/C26H32N4O3/c27-15-21-7-9-25(28-21)26(33)29-24-8-6-20(14-23(24)19-4-2-1-3-5-19)18-10-12-30(13-11-18)22(16-31)17-32/h4,6-9,14,18,22,28,31-32H,1-3,5,10-13,16-17H2,(H,29,33). The van der Waals surface area contributed by atoms with Crippen LogP contribution in [-0.2, 0) is 0 Å². The van der Waals surface area contributed by atoms with Gasteiger partial charge < -0.3 is 20.5 Å². The van der Waals surface area contributed by atoms with E-state index in [9.17, 15) is 15.0 Å². The molecule has 7 nitrogen and oxygen atoms in total. The lowest BCUT2D eigenvalue weighted by Crippen LogP contribution is -2.44. The van der Waals surface area contributed by atoms with E-state index in [0.29, 0.717) is 17.3 Å². The van der Waals surface area contributed by atoms with Crippen molar-refractivity contribution in [3.63, 3.8) is 0 Å². The van der Waals surface area contributed by atoms with Crippen LogP contribution in [0.1, 0.15) is 71.8 Å². The molecular weight excluding hydrogens is 416 g/mol. The number of piperidine rings is 1. The summed E-state index contributed by atoms with van der Waals surface area (Å²) in [7, 11) is 0. The molecule has 1 aromatic heterocycles. The average Bonchev–Trinajstić information content (AvgIpc) is 3.36. The van der Waals surface area contributed by atoms with Crippen LogP contribution in [0.4, 0.5) is 5.69 Å². The summed E-state index contributed by atoms with van der Waals surface area (Å²) in [4.78, 5) is 17.8. The summed E-state index contributed by atoms with van der Waals surface area (Å²) >= 11 is 0. The van der Waals surface area contributed by atoms with Crippen LogP contribution in [0.3, 0.4) is 0 Å². The molecule has 2 aromatic rings. The first-order valence-electron chi connectivity index (χ1n) is 11.8. The van der Waals surface area contributed by atoms with E-state index in [4.69, 9.17) is 5.26 Å². The van der Waals surface area contributed by atoms with Crippen LogP contribution in [0.25, 0.3) is 5.57 Å². The number of amides is 1. The van der Waals surface area contributed by atoms with Gasteiger partial charge in [0.25, 0.3) is 5.91 Å². The van der Waals surface area contributed by atoms with Crippen molar-refractivity contribution in [3.8, 4) is 6.07 Å². The van der Waals surface area contributed by atoms with Gasteiger partial charge >= 0.3 is 0 Å². The lowest BCUT2D eigenvalue weighted by Gasteiger charge is -2.36. The maximum absolute atomic E-state index is 12.8. The molecule has 0 bridgehead atoms. The monoisotopic (exact) mass is 448 g/mol. The topological polar surface area (TPSA) is 112 Å². The van der Waals surface area contributed by atoms with Crippen LogP contribution in [0.15, 0.2) is 36.4 Å². The molecule has 1 fully saturated rings. The number of anilines is 1. The molecule has 2 heterocycles. The molecule has 0 spiro atoms. The number of hydrogen-bond donors (Lipinski definition) is 4. The van der Waals surface area contributed by atoms with E-state index in [1.165, 1.54) is 17.6 Å². The van der Waals surface area contributed by atoms with E-state index in [2.05, 4.69) is 33.4 Å². The Bertz CT molecular complexity index is 1040. The molecule has 0 atom stereocenters. The fourth-order valence-corrected chi connectivity index (χ4v) is 4.94. The van der Waals surface area contributed by atoms with Crippen LogP contribution in [0.2, 0.25) is 0 Å². The number of rotatable bonds is 7. The summed E-state index contributed by atoms with van der Waals surface area (Å²) in [6.07, 6.45) is 8.63. The summed E-state index contributed by atoms with van der Waals surface area (Å²) in [6.45, 7) is 1.65. The molecule has 1 saturated heterocycles. The third kappa shape index (κ3) is 5.36. The number of benzene rings is 1. The molecule has 174 valence electrons. The van der Waals surface area contributed by atoms with Crippen molar-refractivity contribution >= 4 is 17.2 Å². The summed E-state index contributed by atoms with van der Waals surface area (Å²) < 4.78 is 0. The predicted molar refractivity (Wildman–Crippen MR) is 128 cm³/mol. The van der Waals surface area contributed by atoms with Crippen LogP contribution >= 0.6 is 0 Å². The highest BCUT2D eigenvalue weighted by atomic mass is 16.3. The Kier molecular flexibility index (Phi) is 7.61. The first-order chi connectivity index (χ1) is 16.1. The number of nitriles is 1. The predicted octanol–water partition coefficient (Wildman–Crippen LogP) is 3.63. The van der Waals surface area contributed by atoms with Gasteiger partial charge in [0.15, 0.2) is 0 Å². The molecule has 0 radical (unpaired) electrons. The Hall–Kier alpha value is -2.92. The highest BCUT2D eigenvalue weighted by Gasteiger charge is 2.26. The Labute approximate surface area is 194 Å². The van der Waals surface area contributed by atoms with Gasteiger partial charge in [-0.15, -0.1) is 0 Å². The number of carbonyl (C=O) groups is 1. The Morgan fingerprint density at radius 1 is 1.18 bits per heavy atom. The van der Waals surface area contributed by atoms with E-state index in [-0.39, 0.29) is 25.2 Å². The minimum Gasteiger partial charge on any atom is -0.395 e. The van der Waals surface area contributed by atoms with Crippen molar-refractivity contribution in [2.24, 2.45) is 0 Å². The molecule has 4 rings (SSSR count). The maximum atomic E-state index is 12.8. The van der Waals surface area contributed by atoms with E-state index < -0.39 is 0 Å². The molecule has 0 unspecified atom stereocenters. The van der Waals surface area contributed by atoms with Gasteiger partial charge in [-0.05, 0) is 92.9 Å². The Morgan fingerprint density at radius 3 is 2.61 bits per heavy atom. The van der Waals surface area contributed by atoms with E-state index in [1.54, 1.807) is 12.1 Å². The quantitative estimate of drug-likeness (QED) is 0.517. The minimum absolute atomic E-state index is 0.0233. The molecule has 4 N–H and O–H groups in total. The van der Waals surface area contributed by atoms with Gasteiger partial charge in [-0.3, -0.25) is 9.69 Å². The van der Waals surface area contributed by atoms with Crippen LogP contribution < -0.4 is 5.32 Å². The summed E-state index contributed by atoms with van der Waals surface area (Å²) in [5.74, 6) is 0.155. The first-order valence-corrected chi connectivity index (χ1v) is 11.8. The third-order valence-electron chi connectivity index (χ3n) is 6.92. The summed E-state index contributed by atoms with van der Waals surface area (Å²) in [6, 6.07) is 11.4. The number of aromatic nitrogens is 1. The number of nitrogens with one attached hydrogen (secondary N) is 2. The smallest absolute Gasteiger partial charge is 0.272 e. The second kappa shape index (κ2) is 10.8. The lowest BCUT2D eigenvalue weighted by atomic mass is 9.85. The number of H-pyrrole nitrogens is 1. The fraction of sp³-hybridized carbons (Fsp3) is 0.462. The van der Waals surface area contributed by atoms with Crippen LogP contribution in [0, 0.1) is 11.3 Å². The number of allylic oxidation sites excluding steroid dienone is 2. The van der Waals surface area contributed by atoms with Gasteiger partial charge in [0.2, 0.25) is 0 Å². The van der Waals surface area contributed by atoms with Gasteiger partial charge in [-0.25, -0.2) is 0 Å². The molecule has 0 saturated carbocycles. The fourth-order valence-electron chi connectivity index (χ4n) is 4.94. The van der Waals surface area contributed by atoms with Gasteiger partial charge in [0, 0.05) is 11.3 Å². The van der Waals surface area contributed by atoms with Gasteiger partial charge in [-0.1, -0.05) is 12.1 Å². The number of likely N-dealkylation sites (tertiary alicyclic amines) is 1. The number of nitrogens with zero attached hydrogens (tertiary/aromatic N) is 2. The van der Waals surface area contributed by atoms with Crippen molar-refractivity contribution < 1.29 is 15.0 Å². The molecule has 1 aliphatic carbocycles. The summed E-state index contributed by atoms with van der Waals surface area (Å²) in [5, 5.41) is 31.0. The molecule has 1 amide bonds. The average molecular weight is 449 g/mol. The van der Waals surface area contributed by atoms with E-state index >= 15 is 0 Å². The van der Waals surface area contributed by atoms with E-state index in [1.807, 2.05) is 12.1 Å². The highest BCUT2D eigenvalue weighted by Crippen LogP contribution is 2.36. The zero-order valence-corrected chi connectivity index (χ0v) is 18.9. The zero-order chi connectivity index (χ0) is 23.2. The van der Waals surface area contributed by atoms with Gasteiger partial charge in [-0.2, -0.15) is 5.26 Å². The third-order valence-corrected chi connectivity index (χ3v) is 6.92. The van der Waals surface area contributed by atoms with Crippen molar-refractivity contribution in [2.45, 2.75) is 50.5 Å². The van der Waals surface area contributed by atoms with Crippen molar-refractivity contribution in [1.82, 2.24) is 9.88 Å². The van der Waals surface area contributed by atoms with Crippen LogP contribution in [-0.4, -0.2) is 58.3 Å². The molecule has 1 aromatic carbocycles. The van der Waals surface area contributed by atoms with Crippen molar-refractivity contribution in [3.05, 3.63) is 58.9 Å². The van der Waals surface area contributed by atoms with E-state index in [0.717, 1.165) is 56.4 Å². The largest absolute Gasteiger partial charge is 0.395 e. The maximum Gasteiger partial charge on any atom is 0.272 e. The van der Waals surface area contributed by atoms with Gasteiger partial charge in [0.1, 0.15) is 17.5 Å². The second-order valence-electron chi connectivity index (χ2n) is 8.96. The molecule has 33 heavy (non-hydrogen) atoms. The minimum atomic E-state index is -0.255. The number of aliphatic hydroxyl groups excluding tert-OH is 2. The number of hydrogen-bond acceptors (Lipinski definition) is 5. The normalized spacial score (nSPS) is 17.6. The van der Waals surface area contributed by atoms with Crippen LogP contribution in [0.5, 0.6) is 0 Å². The molecular formula is C26H32N4O3. The SMILES string of the molecule is N#Cc1ccc(C(=O)Nc2ccc(C3CCN(C(CO)CO)CC3)cc2C2=CCCCC2)[nH]1. The second-order valence-corrected chi connectivity index (χ2v) is 8.96. The summed E-state index contributed by atoms with van der Waals surface area (Å²) in [5.41, 5.74) is 5.16. The van der Waals surface area contributed by atoms with Crippen molar-refractivity contribution in [2.75, 3.05) is 31.6 Å². The number of aromatic amines is 1. The zero-order valence-electron chi connectivity index (χ0n) is 18.9.